The molecule has 2 bridgehead atoms. The van der Waals surface area contributed by atoms with Gasteiger partial charge in [0.05, 0.1) is 24.7 Å². The molecule has 9 nitrogen and oxygen atoms in total. The number of rotatable bonds is 8. The smallest absolute Gasteiger partial charge is 0.319 e. The average molecular weight is 588 g/mol. The number of anilines is 1. The van der Waals surface area contributed by atoms with Crippen molar-refractivity contribution in [2.24, 2.45) is 5.92 Å². The summed E-state index contributed by atoms with van der Waals surface area (Å²) in [7, 11) is 0. The van der Waals surface area contributed by atoms with Crippen molar-refractivity contribution in [1.29, 1.82) is 0 Å². The number of piperidine rings is 1. The molecule has 216 valence electrons. The predicted octanol–water partition coefficient (Wildman–Crippen LogP) is 5.41. The van der Waals surface area contributed by atoms with Crippen LogP contribution < -0.4 is 9.64 Å². The zero-order chi connectivity index (χ0) is 28.6. The molecular formula is C31H31ClFN7O2. The maximum Gasteiger partial charge on any atom is 0.319 e. The molecule has 6 heterocycles. The van der Waals surface area contributed by atoms with Gasteiger partial charge < -0.3 is 19.2 Å². The maximum atomic E-state index is 16.5. The first-order valence-corrected chi connectivity index (χ1v) is 14.9. The molecule has 0 radical (unpaired) electrons. The van der Waals surface area contributed by atoms with Gasteiger partial charge in [-0.15, -0.1) is 0 Å². The van der Waals surface area contributed by atoms with Crippen molar-refractivity contribution in [1.82, 2.24) is 24.8 Å². The summed E-state index contributed by atoms with van der Waals surface area (Å²) in [5.41, 5.74) is 0.768. The minimum Gasteiger partial charge on any atom is -0.463 e. The van der Waals surface area contributed by atoms with Crippen molar-refractivity contribution in [2.75, 3.05) is 50.8 Å². The molecule has 0 saturated carbocycles. The lowest BCUT2D eigenvalue weighted by molar-refractivity contribution is 0.0287. The van der Waals surface area contributed by atoms with E-state index in [1.807, 2.05) is 12.1 Å². The highest BCUT2D eigenvalue weighted by molar-refractivity contribution is 6.36. The van der Waals surface area contributed by atoms with Crippen molar-refractivity contribution in [3.8, 4) is 17.3 Å². The van der Waals surface area contributed by atoms with Crippen LogP contribution in [0.3, 0.4) is 0 Å². The van der Waals surface area contributed by atoms with Crippen LogP contribution in [0.1, 0.15) is 25.7 Å². The lowest BCUT2D eigenvalue weighted by Crippen LogP contribution is -2.38. The Balaban J connectivity index is 1.24. The van der Waals surface area contributed by atoms with Crippen molar-refractivity contribution >= 4 is 39.1 Å². The van der Waals surface area contributed by atoms with Gasteiger partial charge in [-0.1, -0.05) is 23.7 Å². The van der Waals surface area contributed by atoms with E-state index in [0.29, 0.717) is 59.0 Å². The Hall–Kier alpha value is -3.65. The zero-order valence-corrected chi connectivity index (χ0v) is 23.9. The van der Waals surface area contributed by atoms with Gasteiger partial charge in [-0.2, -0.15) is 9.97 Å². The molecule has 3 aliphatic rings. The van der Waals surface area contributed by atoms with Crippen LogP contribution in [0.2, 0.25) is 5.02 Å². The van der Waals surface area contributed by atoms with E-state index in [0.717, 1.165) is 57.3 Å². The van der Waals surface area contributed by atoms with Gasteiger partial charge in [0.2, 0.25) is 6.54 Å². The van der Waals surface area contributed by atoms with Crippen LogP contribution in [-0.2, 0) is 4.74 Å². The van der Waals surface area contributed by atoms with Crippen LogP contribution >= 0.6 is 11.6 Å². The number of fused-ring (bicyclic) bond motifs is 4. The van der Waals surface area contributed by atoms with Gasteiger partial charge in [0.15, 0.2) is 5.82 Å². The van der Waals surface area contributed by atoms with Gasteiger partial charge in [-0.05, 0) is 31.7 Å². The Morgan fingerprint density at radius 2 is 2.12 bits per heavy atom. The molecule has 1 aromatic carbocycles. The minimum absolute atomic E-state index is 0.125. The number of hydrogen-bond acceptors (Lipinski definition) is 8. The molecule has 11 heteroatoms. The number of ether oxygens (including phenoxy) is 2. The van der Waals surface area contributed by atoms with Crippen LogP contribution in [-0.4, -0.2) is 82.9 Å². The van der Waals surface area contributed by atoms with E-state index in [4.69, 9.17) is 32.6 Å². The van der Waals surface area contributed by atoms with Gasteiger partial charge in [0.25, 0.3) is 0 Å². The summed E-state index contributed by atoms with van der Waals surface area (Å²) in [6.07, 6.45) is 9.10. The highest BCUT2D eigenvalue weighted by Gasteiger charge is 2.38. The first-order chi connectivity index (χ1) is 20.6. The summed E-state index contributed by atoms with van der Waals surface area (Å²) in [4.78, 5) is 26.4. The quantitative estimate of drug-likeness (QED) is 0.200. The number of benzene rings is 1. The minimum atomic E-state index is -0.571. The number of likely N-dealkylation sites (tertiary alicyclic amines) is 1. The average Bonchev–Trinajstić information content (AvgIpc) is 3.64. The molecule has 3 aliphatic heterocycles. The summed E-state index contributed by atoms with van der Waals surface area (Å²) < 4.78 is 28.2. The van der Waals surface area contributed by atoms with Gasteiger partial charge in [0, 0.05) is 78.1 Å². The predicted molar refractivity (Wildman–Crippen MR) is 159 cm³/mol. The molecule has 42 heavy (non-hydrogen) atoms. The second-order valence-corrected chi connectivity index (χ2v) is 11.8. The van der Waals surface area contributed by atoms with Gasteiger partial charge >= 0.3 is 6.01 Å². The van der Waals surface area contributed by atoms with E-state index in [-0.39, 0.29) is 23.1 Å². The Morgan fingerprint density at radius 1 is 1.19 bits per heavy atom. The highest BCUT2D eigenvalue weighted by atomic mass is 35.5. The lowest BCUT2D eigenvalue weighted by atomic mass is 9.98. The Labute approximate surface area is 248 Å². The molecule has 3 saturated heterocycles. The van der Waals surface area contributed by atoms with E-state index >= 15 is 4.39 Å². The molecule has 0 aliphatic carbocycles. The van der Waals surface area contributed by atoms with E-state index in [2.05, 4.69) is 29.6 Å². The summed E-state index contributed by atoms with van der Waals surface area (Å²) in [5, 5.41) is 2.49. The molecule has 0 N–H and O–H groups in total. The summed E-state index contributed by atoms with van der Waals surface area (Å²) in [6, 6.07) is 6.14. The second kappa shape index (κ2) is 11.6. The molecule has 3 atom stereocenters. The molecule has 3 aromatic heterocycles. The summed E-state index contributed by atoms with van der Waals surface area (Å²) in [5.74, 6) is 0.245. The molecule has 0 spiro atoms. The van der Waals surface area contributed by atoms with E-state index in [1.165, 1.54) is 0 Å². The monoisotopic (exact) mass is 587 g/mol. The van der Waals surface area contributed by atoms with E-state index in [9.17, 15) is 0 Å². The standard InChI is InChI=1S/C31H31ClFN7O2/c1-34-12-19-5-3-8-40(16-19)30-24-15-36-28(23-14-35-13-20-6-2-7-25(32)26(20)23)27(33)29(24)37-31(38-30)41-10-4-9-39-17-22-11-21(39)18-42-22/h2,6-7,13-15,19,21-22H,3-5,8-12,16-18H2/t19-,21-,22-/m0/s1. The number of nitrogens with zero attached hydrogens (tertiary/aromatic N) is 7. The third kappa shape index (κ3) is 5.10. The van der Waals surface area contributed by atoms with Crippen LogP contribution in [0.4, 0.5) is 10.2 Å². The lowest BCUT2D eigenvalue weighted by Gasteiger charge is -2.32. The highest BCUT2D eigenvalue weighted by Crippen LogP contribution is 2.37. The van der Waals surface area contributed by atoms with Crippen LogP contribution in [0.15, 0.2) is 36.8 Å². The molecule has 0 amide bonds. The fourth-order valence-electron chi connectivity index (χ4n) is 6.60. The third-order valence-electron chi connectivity index (χ3n) is 8.63. The van der Waals surface area contributed by atoms with Crippen molar-refractivity contribution < 1.29 is 13.9 Å². The molecule has 3 fully saturated rings. The van der Waals surface area contributed by atoms with Gasteiger partial charge in [0.1, 0.15) is 17.0 Å². The molecule has 7 rings (SSSR count). The van der Waals surface area contributed by atoms with Crippen LogP contribution in [0.25, 0.3) is 37.8 Å². The third-order valence-corrected chi connectivity index (χ3v) is 8.95. The maximum absolute atomic E-state index is 16.5. The zero-order valence-electron chi connectivity index (χ0n) is 23.2. The summed E-state index contributed by atoms with van der Waals surface area (Å²) >= 11 is 6.55. The topological polar surface area (TPSA) is 80.9 Å². The fourth-order valence-corrected chi connectivity index (χ4v) is 6.89. The van der Waals surface area contributed by atoms with Crippen molar-refractivity contribution in [2.45, 2.75) is 37.8 Å². The molecule has 0 unspecified atom stereocenters. The van der Waals surface area contributed by atoms with Crippen LogP contribution in [0, 0.1) is 18.3 Å². The Morgan fingerprint density at radius 3 is 2.95 bits per heavy atom. The van der Waals surface area contributed by atoms with Crippen molar-refractivity contribution in [3.63, 3.8) is 0 Å². The second-order valence-electron chi connectivity index (χ2n) is 11.4. The number of hydrogen-bond donors (Lipinski definition) is 0. The Bertz CT molecular complexity index is 1680. The molecule has 4 aromatic rings. The Kier molecular flexibility index (Phi) is 7.48. The first-order valence-electron chi connectivity index (χ1n) is 14.5. The number of pyridine rings is 2. The first kappa shape index (κ1) is 27.2. The van der Waals surface area contributed by atoms with Crippen LogP contribution in [0.5, 0.6) is 6.01 Å². The largest absolute Gasteiger partial charge is 0.463 e. The normalized spacial score (nSPS) is 22.2. The SMILES string of the molecule is [C-]#[N+]C[C@@H]1CCCN(c2nc(OCCCN3C[C@@H]4C[C@H]3CO4)nc3c(F)c(-c4cncc5cccc(Cl)c45)ncc23)C1. The summed E-state index contributed by atoms with van der Waals surface area (Å²) in [6.45, 7) is 12.3. The number of aromatic nitrogens is 4. The van der Waals surface area contributed by atoms with E-state index < -0.39 is 5.82 Å². The fraction of sp³-hybridized carbons (Fsp3) is 0.452. The van der Waals surface area contributed by atoms with E-state index in [1.54, 1.807) is 24.7 Å². The molecular weight excluding hydrogens is 557 g/mol. The van der Waals surface area contributed by atoms with Gasteiger partial charge in [-0.3, -0.25) is 14.9 Å². The van der Waals surface area contributed by atoms with Gasteiger partial charge in [-0.25, -0.2) is 11.0 Å². The number of morpholine rings is 1. The van der Waals surface area contributed by atoms with Crippen molar-refractivity contribution in [3.05, 3.63) is 59.0 Å². The number of halogens is 2.